The number of rotatable bonds is 3. The van der Waals surface area contributed by atoms with Gasteiger partial charge in [-0.2, -0.15) is 5.26 Å². The molecule has 2 aliphatic rings. The zero-order valence-corrected chi connectivity index (χ0v) is 13.7. The topological polar surface area (TPSA) is 62.6 Å². The number of cyclic esters (lactones) is 1. The van der Waals surface area contributed by atoms with Gasteiger partial charge in [0.2, 0.25) is 0 Å². The molecular formula is C20H18N2O3. The van der Waals surface area contributed by atoms with E-state index in [0.717, 1.165) is 6.54 Å². The highest BCUT2D eigenvalue weighted by Gasteiger charge is 2.39. The summed E-state index contributed by atoms with van der Waals surface area (Å²) in [6.07, 6.45) is 0.419. The van der Waals surface area contributed by atoms with Gasteiger partial charge in [-0.05, 0) is 41.8 Å². The molecule has 0 amide bonds. The van der Waals surface area contributed by atoms with E-state index in [2.05, 4.69) is 23.1 Å². The fourth-order valence-electron chi connectivity index (χ4n) is 3.44. The number of nitrogens with zero attached hydrogens (tertiary/aromatic N) is 2. The third kappa shape index (κ3) is 3.21. The molecule has 0 aromatic heterocycles. The molecule has 2 aromatic carbocycles. The van der Waals surface area contributed by atoms with Crippen LogP contribution in [-0.2, 0) is 22.5 Å². The Balaban J connectivity index is 1.41. The van der Waals surface area contributed by atoms with Crippen molar-refractivity contribution in [3.05, 3.63) is 65.2 Å². The molecule has 2 heterocycles. The summed E-state index contributed by atoms with van der Waals surface area (Å²) in [5.41, 5.74) is 3.10. The van der Waals surface area contributed by atoms with Gasteiger partial charge in [0, 0.05) is 13.1 Å². The van der Waals surface area contributed by atoms with Crippen molar-refractivity contribution in [3.63, 3.8) is 0 Å². The molecule has 2 unspecified atom stereocenters. The van der Waals surface area contributed by atoms with Crippen LogP contribution in [0.1, 0.15) is 16.7 Å². The molecule has 2 aromatic rings. The molecule has 0 radical (unpaired) electrons. The second-order valence-electron chi connectivity index (χ2n) is 6.42. The first kappa shape index (κ1) is 15.7. The van der Waals surface area contributed by atoms with Gasteiger partial charge in [-0.25, -0.2) is 0 Å². The molecule has 0 spiro atoms. The molecule has 5 heteroatoms. The van der Waals surface area contributed by atoms with E-state index in [0.29, 0.717) is 30.9 Å². The third-order valence-electron chi connectivity index (χ3n) is 4.76. The minimum Gasteiger partial charge on any atom is -0.490 e. The van der Waals surface area contributed by atoms with Crippen LogP contribution in [0, 0.1) is 11.3 Å². The van der Waals surface area contributed by atoms with Crippen LogP contribution in [0.2, 0.25) is 0 Å². The van der Waals surface area contributed by atoms with Crippen LogP contribution >= 0.6 is 0 Å². The molecule has 5 nitrogen and oxygen atoms in total. The maximum Gasteiger partial charge on any atom is 0.324 e. The van der Waals surface area contributed by atoms with Crippen molar-refractivity contribution < 1.29 is 14.3 Å². The predicted molar refractivity (Wildman–Crippen MR) is 90.9 cm³/mol. The average molecular weight is 334 g/mol. The summed E-state index contributed by atoms with van der Waals surface area (Å²) in [6, 6.07) is 17.0. The lowest BCUT2D eigenvalue weighted by molar-refractivity contribution is -0.169. The van der Waals surface area contributed by atoms with Gasteiger partial charge in [-0.3, -0.25) is 9.69 Å². The first-order chi connectivity index (χ1) is 12.2. The SMILES string of the molecule is N#Cc1ccc(OCC2CN3Cc4ccccc4CC3C(=O)O2)cc1. The van der Waals surface area contributed by atoms with Gasteiger partial charge < -0.3 is 9.47 Å². The van der Waals surface area contributed by atoms with Gasteiger partial charge in [-0.1, -0.05) is 24.3 Å². The molecule has 25 heavy (non-hydrogen) atoms. The van der Waals surface area contributed by atoms with Crippen LogP contribution in [0.4, 0.5) is 0 Å². The second-order valence-corrected chi connectivity index (χ2v) is 6.42. The standard InChI is InChI=1S/C20H18N2O3/c21-10-14-5-7-17(8-6-14)24-13-18-12-22-11-16-4-2-1-3-15(16)9-19(22)20(23)25-18/h1-8,18-19H,9,11-13H2. The Bertz CT molecular complexity index is 826. The molecule has 0 aliphatic carbocycles. The molecule has 0 bridgehead atoms. The fraction of sp³-hybridized carbons (Fsp3) is 0.300. The predicted octanol–water partition coefficient (Wildman–Crippen LogP) is 2.29. The lowest BCUT2D eigenvalue weighted by atomic mass is 9.93. The molecule has 126 valence electrons. The minimum atomic E-state index is -0.287. The fourth-order valence-corrected chi connectivity index (χ4v) is 3.44. The number of hydrogen-bond acceptors (Lipinski definition) is 5. The van der Waals surface area contributed by atoms with Crippen molar-refractivity contribution in [1.29, 1.82) is 5.26 Å². The van der Waals surface area contributed by atoms with Crippen LogP contribution in [0.3, 0.4) is 0 Å². The summed E-state index contributed by atoms with van der Waals surface area (Å²) in [5, 5.41) is 8.82. The Morgan fingerprint density at radius 2 is 1.92 bits per heavy atom. The third-order valence-corrected chi connectivity index (χ3v) is 4.76. The minimum absolute atomic E-state index is 0.172. The number of benzene rings is 2. The van der Waals surface area contributed by atoms with Crippen LogP contribution in [-0.4, -0.2) is 36.2 Å². The van der Waals surface area contributed by atoms with Gasteiger partial charge in [0.05, 0.1) is 11.6 Å². The number of esters is 1. The number of carbonyl (C=O) groups is 1. The van der Waals surface area contributed by atoms with Crippen molar-refractivity contribution in [1.82, 2.24) is 4.90 Å². The van der Waals surface area contributed by atoms with E-state index in [9.17, 15) is 4.79 Å². The monoisotopic (exact) mass is 334 g/mol. The number of carbonyl (C=O) groups excluding carboxylic acids is 1. The van der Waals surface area contributed by atoms with E-state index in [1.54, 1.807) is 24.3 Å². The van der Waals surface area contributed by atoms with Gasteiger partial charge >= 0.3 is 5.97 Å². The van der Waals surface area contributed by atoms with Gasteiger partial charge in [0.25, 0.3) is 0 Å². The zero-order valence-electron chi connectivity index (χ0n) is 13.7. The normalized spacial score (nSPS) is 22.3. The highest BCUT2D eigenvalue weighted by molar-refractivity contribution is 5.77. The van der Waals surface area contributed by atoms with Gasteiger partial charge in [0.15, 0.2) is 0 Å². The molecule has 4 rings (SSSR count). The Labute approximate surface area is 146 Å². The summed E-state index contributed by atoms with van der Waals surface area (Å²) in [7, 11) is 0. The smallest absolute Gasteiger partial charge is 0.324 e. The van der Waals surface area contributed by atoms with Gasteiger partial charge in [0.1, 0.15) is 24.5 Å². The van der Waals surface area contributed by atoms with E-state index in [-0.39, 0.29) is 18.1 Å². The Kier molecular flexibility index (Phi) is 4.12. The number of nitriles is 1. The zero-order chi connectivity index (χ0) is 17.2. The Morgan fingerprint density at radius 1 is 1.16 bits per heavy atom. The molecule has 2 aliphatic heterocycles. The average Bonchev–Trinajstić information content (AvgIpc) is 2.65. The molecule has 1 fully saturated rings. The van der Waals surface area contributed by atoms with Crippen LogP contribution in [0.25, 0.3) is 0 Å². The van der Waals surface area contributed by atoms with Crippen LogP contribution < -0.4 is 4.74 Å². The number of ether oxygens (including phenoxy) is 2. The maximum absolute atomic E-state index is 12.4. The van der Waals surface area contributed by atoms with Crippen LogP contribution in [0.15, 0.2) is 48.5 Å². The lowest BCUT2D eigenvalue weighted by Crippen LogP contribution is -2.56. The first-order valence-electron chi connectivity index (χ1n) is 8.37. The quantitative estimate of drug-likeness (QED) is 0.806. The number of morpholine rings is 1. The van der Waals surface area contributed by atoms with E-state index < -0.39 is 0 Å². The second kappa shape index (κ2) is 6.58. The Hall–Kier alpha value is -2.84. The summed E-state index contributed by atoms with van der Waals surface area (Å²) in [5.74, 6) is 0.496. The number of hydrogen-bond donors (Lipinski definition) is 0. The largest absolute Gasteiger partial charge is 0.490 e. The van der Waals surface area contributed by atoms with E-state index in [4.69, 9.17) is 14.7 Å². The van der Waals surface area contributed by atoms with Crippen molar-refractivity contribution in [2.75, 3.05) is 13.2 Å². The molecule has 1 saturated heterocycles. The highest BCUT2D eigenvalue weighted by atomic mass is 16.6. The maximum atomic E-state index is 12.4. The van der Waals surface area contributed by atoms with Crippen molar-refractivity contribution in [2.45, 2.75) is 25.1 Å². The number of fused-ring (bicyclic) bond motifs is 2. The molecular weight excluding hydrogens is 316 g/mol. The van der Waals surface area contributed by atoms with Crippen molar-refractivity contribution in [2.24, 2.45) is 0 Å². The molecule has 0 saturated carbocycles. The molecule has 2 atom stereocenters. The van der Waals surface area contributed by atoms with Crippen LogP contribution in [0.5, 0.6) is 5.75 Å². The first-order valence-corrected chi connectivity index (χ1v) is 8.37. The van der Waals surface area contributed by atoms with Gasteiger partial charge in [-0.15, -0.1) is 0 Å². The molecule has 0 N–H and O–H groups in total. The summed E-state index contributed by atoms with van der Waals surface area (Å²) in [6.45, 7) is 1.74. The summed E-state index contributed by atoms with van der Waals surface area (Å²) in [4.78, 5) is 14.6. The highest BCUT2D eigenvalue weighted by Crippen LogP contribution is 2.27. The summed E-state index contributed by atoms with van der Waals surface area (Å²) >= 11 is 0. The lowest BCUT2D eigenvalue weighted by Gasteiger charge is -2.41. The van der Waals surface area contributed by atoms with E-state index in [1.165, 1.54) is 11.1 Å². The van der Waals surface area contributed by atoms with E-state index >= 15 is 0 Å². The van der Waals surface area contributed by atoms with E-state index in [1.807, 2.05) is 12.1 Å². The summed E-state index contributed by atoms with van der Waals surface area (Å²) < 4.78 is 11.3. The van der Waals surface area contributed by atoms with Crippen molar-refractivity contribution >= 4 is 5.97 Å². The van der Waals surface area contributed by atoms with Crippen molar-refractivity contribution in [3.8, 4) is 11.8 Å². The Morgan fingerprint density at radius 3 is 2.68 bits per heavy atom.